The van der Waals surface area contributed by atoms with Gasteiger partial charge in [-0.25, -0.2) is 4.79 Å². The van der Waals surface area contributed by atoms with Gasteiger partial charge in [0.25, 0.3) is 0 Å². The monoisotopic (exact) mass is 333 g/mol. The van der Waals surface area contributed by atoms with E-state index < -0.39 is 5.60 Å². The summed E-state index contributed by atoms with van der Waals surface area (Å²) < 4.78 is 0. The van der Waals surface area contributed by atoms with Crippen LogP contribution in [0.2, 0.25) is 0 Å². The zero-order valence-electron chi connectivity index (χ0n) is 15.1. The highest BCUT2D eigenvalue weighted by Crippen LogP contribution is 2.19. The number of nitrogens with one attached hydrogen (secondary N) is 2. The van der Waals surface area contributed by atoms with Gasteiger partial charge in [0, 0.05) is 19.1 Å². The van der Waals surface area contributed by atoms with E-state index in [1.165, 1.54) is 6.42 Å². The van der Waals surface area contributed by atoms with Crippen LogP contribution < -0.4 is 10.6 Å². The Morgan fingerprint density at radius 2 is 2.04 bits per heavy atom. The van der Waals surface area contributed by atoms with Crippen LogP contribution in [0.1, 0.15) is 39.2 Å². The van der Waals surface area contributed by atoms with Gasteiger partial charge >= 0.3 is 6.03 Å². The topological polar surface area (TPSA) is 64.6 Å². The van der Waals surface area contributed by atoms with Crippen LogP contribution in [0.25, 0.3) is 0 Å². The smallest absolute Gasteiger partial charge is 0.314 e. The standard InChI is InChI=1S/C19H31N3O2/c1-15(2)22-11-7-8-16(13-22)12-20-18(23)21-14-19(3,24)17-9-5-4-6-10-17/h4-6,9-10,15-16,24H,7-8,11-14H2,1-3H3,(H2,20,21,23). The Balaban J connectivity index is 1.73. The van der Waals surface area contributed by atoms with E-state index in [9.17, 15) is 9.90 Å². The van der Waals surface area contributed by atoms with E-state index in [1.807, 2.05) is 30.3 Å². The molecule has 2 amide bonds. The number of carbonyl (C=O) groups is 1. The predicted octanol–water partition coefficient (Wildman–Crippen LogP) is 2.31. The number of hydrogen-bond acceptors (Lipinski definition) is 3. The molecule has 1 aromatic carbocycles. The third-order valence-electron chi connectivity index (χ3n) is 4.82. The molecule has 2 rings (SSSR count). The van der Waals surface area contributed by atoms with Crippen LogP contribution in [-0.4, -0.2) is 48.3 Å². The van der Waals surface area contributed by atoms with Gasteiger partial charge in [-0.2, -0.15) is 0 Å². The normalized spacial score (nSPS) is 21.3. The van der Waals surface area contributed by atoms with Crippen molar-refractivity contribution in [3.8, 4) is 0 Å². The Morgan fingerprint density at radius 3 is 2.71 bits per heavy atom. The van der Waals surface area contributed by atoms with Crippen LogP contribution >= 0.6 is 0 Å². The first-order valence-electron chi connectivity index (χ1n) is 8.92. The lowest BCUT2D eigenvalue weighted by Crippen LogP contribution is -2.47. The van der Waals surface area contributed by atoms with E-state index in [1.54, 1.807) is 6.92 Å². The predicted molar refractivity (Wildman–Crippen MR) is 96.8 cm³/mol. The van der Waals surface area contributed by atoms with Crippen LogP contribution in [0.15, 0.2) is 30.3 Å². The molecule has 1 fully saturated rings. The van der Waals surface area contributed by atoms with Gasteiger partial charge in [-0.05, 0) is 51.6 Å². The van der Waals surface area contributed by atoms with Crippen molar-refractivity contribution in [2.24, 2.45) is 5.92 Å². The fraction of sp³-hybridized carbons (Fsp3) is 0.632. The summed E-state index contributed by atoms with van der Waals surface area (Å²) in [7, 11) is 0. The average Bonchev–Trinajstić information content (AvgIpc) is 2.59. The quantitative estimate of drug-likeness (QED) is 0.748. The van der Waals surface area contributed by atoms with Crippen molar-refractivity contribution >= 4 is 6.03 Å². The van der Waals surface area contributed by atoms with E-state index in [0.29, 0.717) is 18.5 Å². The van der Waals surface area contributed by atoms with Crippen molar-refractivity contribution in [2.45, 2.75) is 45.3 Å². The minimum absolute atomic E-state index is 0.186. The summed E-state index contributed by atoms with van der Waals surface area (Å²) in [6.07, 6.45) is 2.35. The van der Waals surface area contributed by atoms with Gasteiger partial charge in [0.05, 0.1) is 6.54 Å². The number of likely N-dealkylation sites (tertiary alicyclic amines) is 1. The Morgan fingerprint density at radius 1 is 1.33 bits per heavy atom. The highest BCUT2D eigenvalue weighted by molar-refractivity contribution is 5.73. The lowest BCUT2D eigenvalue weighted by atomic mass is 9.96. The molecule has 0 spiro atoms. The maximum absolute atomic E-state index is 12.0. The number of nitrogens with zero attached hydrogens (tertiary/aromatic N) is 1. The third kappa shape index (κ3) is 5.49. The minimum Gasteiger partial charge on any atom is -0.384 e. The molecule has 1 saturated heterocycles. The van der Waals surface area contributed by atoms with Crippen molar-refractivity contribution < 1.29 is 9.90 Å². The number of benzene rings is 1. The molecule has 0 saturated carbocycles. The van der Waals surface area contributed by atoms with E-state index in [4.69, 9.17) is 0 Å². The molecule has 1 aliphatic heterocycles. The lowest BCUT2D eigenvalue weighted by molar-refractivity contribution is 0.0592. The summed E-state index contributed by atoms with van der Waals surface area (Å²) in [6.45, 7) is 9.21. The molecule has 2 atom stereocenters. The van der Waals surface area contributed by atoms with Crippen LogP contribution in [0.5, 0.6) is 0 Å². The van der Waals surface area contributed by atoms with E-state index in [-0.39, 0.29) is 12.6 Å². The zero-order valence-corrected chi connectivity index (χ0v) is 15.1. The first-order valence-corrected chi connectivity index (χ1v) is 8.92. The largest absolute Gasteiger partial charge is 0.384 e. The number of rotatable bonds is 6. The molecule has 24 heavy (non-hydrogen) atoms. The molecule has 5 nitrogen and oxygen atoms in total. The molecule has 1 aliphatic rings. The molecule has 3 N–H and O–H groups in total. The molecule has 0 aliphatic carbocycles. The van der Waals surface area contributed by atoms with Gasteiger partial charge < -0.3 is 20.6 Å². The summed E-state index contributed by atoms with van der Waals surface area (Å²) in [4.78, 5) is 14.5. The number of aliphatic hydroxyl groups is 1. The molecule has 5 heteroatoms. The average molecular weight is 333 g/mol. The number of urea groups is 1. The molecule has 134 valence electrons. The molecule has 1 heterocycles. The highest BCUT2D eigenvalue weighted by atomic mass is 16.3. The fourth-order valence-electron chi connectivity index (χ4n) is 3.18. The van der Waals surface area contributed by atoms with Gasteiger partial charge in [-0.3, -0.25) is 0 Å². The highest BCUT2D eigenvalue weighted by Gasteiger charge is 2.24. The summed E-state index contributed by atoms with van der Waals surface area (Å²) in [5.41, 5.74) is -0.275. The molecular weight excluding hydrogens is 302 g/mol. The summed E-state index contributed by atoms with van der Waals surface area (Å²) >= 11 is 0. The fourth-order valence-corrected chi connectivity index (χ4v) is 3.18. The lowest BCUT2D eigenvalue weighted by Gasteiger charge is -2.35. The Labute approximate surface area is 145 Å². The third-order valence-corrected chi connectivity index (χ3v) is 4.82. The second kappa shape index (κ2) is 8.49. The minimum atomic E-state index is -1.07. The van der Waals surface area contributed by atoms with E-state index >= 15 is 0 Å². The van der Waals surface area contributed by atoms with Crippen molar-refractivity contribution in [3.05, 3.63) is 35.9 Å². The van der Waals surface area contributed by atoms with Gasteiger partial charge in [0.15, 0.2) is 0 Å². The summed E-state index contributed by atoms with van der Waals surface area (Å²) in [5.74, 6) is 0.501. The van der Waals surface area contributed by atoms with Crippen molar-refractivity contribution in [2.75, 3.05) is 26.2 Å². The molecule has 2 unspecified atom stereocenters. The van der Waals surface area contributed by atoms with Crippen molar-refractivity contribution in [3.63, 3.8) is 0 Å². The SMILES string of the molecule is CC(C)N1CCCC(CNC(=O)NCC(C)(O)c2ccccc2)C1. The van der Waals surface area contributed by atoms with E-state index in [2.05, 4.69) is 29.4 Å². The molecular formula is C19H31N3O2. The Kier molecular flexibility index (Phi) is 6.63. The zero-order chi connectivity index (χ0) is 17.6. The maximum atomic E-state index is 12.0. The van der Waals surface area contributed by atoms with Crippen LogP contribution in [-0.2, 0) is 5.60 Å². The summed E-state index contributed by atoms with van der Waals surface area (Å²) in [5, 5.41) is 16.2. The van der Waals surface area contributed by atoms with Crippen LogP contribution in [0, 0.1) is 5.92 Å². The first-order chi connectivity index (χ1) is 11.4. The maximum Gasteiger partial charge on any atom is 0.314 e. The molecule has 0 aromatic heterocycles. The van der Waals surface area contributed by atoms with Gasteiger partial charge in [-0.15, -0.1) is 0 Å². The Hall–Kier alpha value is -1.59. The second-order valence-corrected chi connectivity index (χ2v) is 7.30. The van der Waals surface area contributed by atoms with Crippen molar-refractivity contribution in [1.82, 2.24) is 15.5 Å². The second-order valence-electron chi connectivity index (χ2n) is 7.30. The van der Waals surface area contributed by atoms with Crippen molar-refractivity contribution in [1.29, 1.82) is 0 Å². The number of carbonyl (C=O) groups excluding carboxylic acids is 1. The first kappa shape index (κ1) is 18.7. The van der Waals surface area contributed by atoms with Gasteiger partial charge in [-0.1, -0.05) is 30.3 Å². The van der Waals surface area contributed by atoms with Gasteiger partial charge in [0.2, 0.25) is 0 Å². The van der Waals surface area contributed by atoms with Crippen LogP contribution in [0.4, 0.5) is 4.79 Å². The number of hydrogen-bond donors (Lipinski definition) is 3. The van der Waals surface area contributed by atoms with E-state index in [0.717, 1.165) is 25.1 Å². The van der Waals surface area contributed by atoms with Crippen LogP contribution in [0.3, 0.4) is 0 Å². The Bertz CT molecular complexity index is 517. The van der Waals surface area contributed by atoms with Gasteiger partial charge in [0.1, 0.15) is 5.60 Å². The number of piperidine rings is 1. The molecule has 0 radical (unpaired) electrons. The number of amides is 2. The molecule has 0 bridgehead atoms. The molecule has 1 aromatic rings. The summed E-state index contributed by atoms with van der Waals surface area (Å²) in [6, 6.07) is 9.74.